The van der Waals surface area contributed by atoms with Crippen LogP contribution in [-0.4, -0.2) is 15.3 Å². The number of hydrogen-bond acceptors (Lipinski definition) is 2. The van der Waals surface area contributed by atoms with Crippen molar-refractivity contribution in [3.8, 4) is 0 Å². The molecule has 0 aromatic carbocycles. The lowest BCUT2D eigenvalue weighted by atomic mass is 10.2. The zero-order valence-electron chi connectivity index (χ0n) is 9.07. The lowest BCUT2D eigenvalue weighted by Gasteiger charge is -2.03. The molecule has 0 unspecified atom stereocenters. The van der Waals surface area contributed by atoms with Crippen molar-refractivity contribution in [3.63, 3.8) is 0 Å². The van der Waals surface area contributed by atoms with Crippen molar-refractivity contribution in [1.29, 1.82) is 0 Å². The first-order valence-electron chi connectivity index (χ1n) is 4.98. The van der Waals surface area contributed by atoms with Gasteiger partial charge in [-0.2, -0.15) is 0 Å². The van der Waals surface area contributed by atoms with Gasteiger partial charge in [0.1, 0.15) is 17.2 Å². The van der Waals surface area contributed by atoms with E-state index in [-0.39, 0.29) is 17.1 Å². The fourth-order valence-corrected chi connectivity index (χ4v) is 1.70. The molecule has 0 radical (unpaired) electrons. The monoisotopic (exact) mass is 221 g/mol. The topological polar surface area (TPSA) is 60.4 Å². The highest BCUT2D eigenvalue weighted by Crippen LogP contribution is 2.21. The lowest BCUT2D eigenvalue weighted by molar-refractivity contribution is 0.0997. The van der Waals surface area contributed by atoms with Crippen molar-refractivity contribution in [2.75, 3.05) is 0 Å². The molecule has 0 bridgehead atoms. The molecule has 2 heterocycles. The van der Waals surface area contributed by atoms with E-state index in [1.54, 1.807) is 16.7 Å². The van der Waals surface area contributed by atoms with Crippen molar-refractivity contribution in [2.45, 2.75) is 19.8 Å². The van der Waals surface area contributed by atoms with Gasteiger partial charge in [0.05, 0.1) is 0 Å². The molecule has 0 aliphatic heterocycles. The zero-order valence-corrected chi connectivity index (χ0v) is 9.07. The maximum atomic E-state index is 13.6. The first-order chi connectivity index (χ1) is 7.52. The Morgan fingerprint density at radius 3 is 2.81 bits per heavy atom. The molecule has 2 aromatic heterocycles. The van der Waals surface area contributed by atoms with E-state index in [4.69, 9.17) is 5.73 Å². The first-order valence-corrected chi connectivity index (χ1v) is 4.98. The van der Waals surface area contributed by atoms with E-state index in [0.717, 1.165) is 0 Å². The Morgan fingerprint density at radius 2 is 2.25 bits per heavy atom. The number of pyridine rings is 1. The molecule has 16 heavy (non-hydrogen) atoms. The van der Waals surface area contributed by atoms with E-state index in [2.05, 4.69) is 4.98 Å². The molecule has 0 fully saturated rings. The predicted octanol–water partition coefficient (Wildman–Crippen LogP) is 1.70. The van der Waals surface area contributed by atoms with Crippen LogP contribution in [0, 0.1) is 5.82 Å². The van der Waals surface area contributed by atoms with Crippen molar-refractivity contribution in [3.05, 3.63) is 35.7 Å². The third-order valence-corrected chi connectivity index (χ3v) is 2.39. The molecular formula is C11H12FN3O. The van der Waals surface area contributed by atoms with E-state index in [0.29, 0.717) is 5.82 Å². The van der Waals surface area contributed by atoms with Gasteiger partial charge in [-0.3, -0.25) is 4.79 Å². The molecule has 0 aliphatic rings. The summed E-state index contributed by atoms with van der Waals surface area (Å²) in [6.07, 6.45) is 1.67. The minimum Gasteiger partial charge on any atom is -0.364 e. The van der Waals surface area contributed by atoms with Gasteiger partial charge < -0.3 is 10.1 Å². The summed E-state index contributed by atoms with van der Waals surface area (Å²) in [6.45, 7) is 3.84. The predicted molar refractivity (Wildman–Crippen MR) is 57.8 cm³/mol. The highest BCUT2D eigenvalue weighted by Gasteiger charge is 2.19. The number of nitrogens with zero attached hydrogens (tertiary/aromatic N) is 2. The molecular weight excluding hydrogens is 209 g/mol. The van der Waals surface area contributed by atoms with Crippen LogP contribution in [0.2, 0.25) is 0 Å². The SMILES string of the molecule is CC(C)c1nc(C(N)=O)c2c(F)cccn12. The molecule has 0 saturated heterocycles. The van der Waals surface area contributed by atoms with E-state index >= 15 is 0 Å². The van der Waals surface area contributed by atoms with Gasteiger partial charge >= 0.3 is 0 Å². The van der Waals surface area contributed by atoms with Crippen molar-refractivity contribution in [2.24, 2.45) is 5.73 Å². The number of rotatable bonds is 2. The number of primary amides is 1. The highest BCUT2D eigenvalue weighted by molar-refractivity contribution is 5.98. The number of fused-ring (bicyclic) bond motifs is 1. The third kappa shape index (κ3) is 1.44. The van der Waals surface area contributed by atoms with Gasteiger partial charge in [0.25, 0.3) is 5.91 Å². The summed E-state index contributed by atoms with van der Waals surface area (Å²) < 4.78 is 15.2. The van der Waals surface area contributed by atoms with Crippen molar-refractivity contribution >= 4 is 11.4 Å². The molecule has 2 N–H and O–H groups in total. The van der Waals surface area contributed by atoms with Crippen LogP contribution in [0.4, 0.5) is 4.39 Å². The summed E-state index contributed by atoms with van der Waals surface area (Å²) in [5.41, 5.74) is 5.32. The molecule has 0 aliphatic carbocycles. The third-order valence-electron chi connectivity index (χ3n) is 2.39. The summed E-state index contributed by atoms with van der Waals surface area (Å²) in [7, 11) is 0. The van der Waals surface area contributed by atoms with Crippen LogP contribution in [0.25, 0.3) is 5.52 Å². The van der Waals surface area contributed by atoms with Gasteiger partial charge in [0, 0.05) is 12.1 Å². The second-order valence-electron chi connectivity index (χ2n) is 3.91. The number of aromatic nitrogens is 2. The van der Waals surface area contributed by atoms with Crippen LogP contribution in [-0.2, 0) is 0 Å². The number of hydrogen-bond donors (Lipinski definition) is 1. The van der Waals surface area contributed by atoms with E-state index in [9.17, 15) is 9.18 Å². The fourth-order valence-electron chi connectivity index (χ4n) is 1.70. The number of halogens is 1. The molecule has 0 atom stereocenters. The molecule has 0 saturated carbocycles. The molecule has 0 spiro atoms. The maximum absolute atomic E-state index is 13.6. The lowest BCUT2D eigenvalue weighted by Crippen LogP contribution is -2.12. The Hall–Kier alpha value is -1.91. The van der Waals surface area contributed by atoms with Crippen LogP contribution in [0.15, 0.2) is 18.3 Å². The first kappa shape index (κ1) is 10.6. The highest BCUT2D eigenvalue weighted by atomic mass is 19.1. The van der Waals surface area contributed by atoms with E-state index in [1.807, 2.05) is 13.8 Å². The quantitative estimate of drug-likeness (QED) is 0.838. The second-order valence-corrected chi connectivity index (χ2v) is 3.91. The van der Waals surface area contributed by atoms with Gasteiger partial charge in [-0.1, -0.05) is 13.8 Å². The molecule has 5 heteroatoms. The summed E-state index contributed by atoms with van der Waals surface area (Å²) in [6, 6.07) is 2.86. The number of imidazole rings is 1. The average Bonchev–Trinajstić information content (AvgIpc) is 2.58. The largest absolute Gasteiger partial charge is 0.364 e. The van der Waals surface area contributed by atoms with Gasteiger partial charge in [-0.25, -0.2) is 9.37 Å². The molecule has 2 aromatic rings. The number of amides is 1. The summed E-state index contributed by atoms with van der Waals surface area (Å²) in [4.78, 5) is 15.3. The normalized spacial score (nSPS) is 11.2. The Kier molecular flexibility index (Phi) is 2.38. The standard InChI is InChI=1S/C11H12FN3O/c1-6(2)11-14-8(10(13)16)9-7(12)4-3-5-15(9)11/h3-6H,1-2H3,(H2,13,16). The molecule has 1 amide bonds. The Balaban J connectivity index is 2.87. The van der Waals surface area contributed by atoms with Gasteiger partial charge in [0.2, 0.25) is 0 Å². The minimum atomic E-state index is -0.713. The number of nitrogens with two attached hydrogens (primary N) is 1. The minimum absolute atomic E-state index is 0.0122. The molecule has 84 valence electrons. The van der Waals surface area contributed by atoms with Gasteiger partial charge in [-0.15, -0.1) is 0 Å². The van der Waals surface area contributed by atoms with Crippen molar-refractivity contribution in [1.82, 2.24) is 9.38 Å². The summed E-state index contributed by atoms with van der Waals surface area (Å²) in [5, 5.41) is 0. The Labute approximate surface area is 91.9 Å². The van der Waals surface area contributed by atoms with Crippen molar-refractivity contribution < 1.29 is 9.18 Å². The van der Waals surface area contributed by atoms with E-state index in [1.165, 1.54) is 6.07 Å². The number of carbonyl (C=O) groups excluding carboxylic acids is 1. The van der Waals surface area contributed by atoms with Gasteiger partial charge in [-0.05, 0) is 12.1 Å². The van der Waals surface area contributed by atoms with Crippen LogP contribution in [0.5, 0.6) is 0 Å². The maximum Gasteiger partial charge on any atom is 0.269 e. The van der Waals surface area contributed by atoms with Gasteiger partial charge in [0.15, 0.2) is 5.69 Å². The summed E-state index contributed by atoms with van der Waals surface area (Å²) in [5.74, 6) is -0.490. The van der Waals surface area contributed by atoms with Crippen LogP contribution >= 0.6 is 0 Å². The van der Waals surface area contributed by atoms with Crippen LogP contribution in [0.1, 0.15) is 36.1 Å². The second kappa shape index (κ2) is 3.59. The smallest absolute Gasteiger partial charge is 0.269 e. The number of carbonyl (C=O) groups is 1. The molecule has 2 rings (SSSR count). The zero-order chi connectivity index (χ0) is 11.9. The summed E-state index contributed by atoms with van der Waals surface area (Å²) >= 11 is 0. The molecule has 4 nitrogen and oxygen atoms in total. The Morgan fingerprint density at radius 1 is 1.56 bits per heavy atom. The van der Waals surface area contributed by atoms with Crippen LogP contribution in [0.3, 0.4) is 0 Å². The van der Waals surface area contributed by atoms with Crippen LogP contribution < -0.4 is 5.73 Å². The average molecular weight is 221 g/mol. The Bertz CT molecular complexity index is 560. The fraction of sp³-hybridized carbons (Fsp3) is 0.273. The van der Waals surface area contributed by atoms with E-state index < -0.39 is 11.7 Å².